The minimum atomic E-state index is -3.36. The zero-order valence-corrected chi connectivity index (χ0v) is 25.3. The molecule has 0 saturated carbocycles. The van der Waals surface area contributed by atoms with Crippen LogP contribution in [0.3, 0.4) is 0 Å². The van der Waals surface area contributed by atoms with Crippen LogP contribution < -0.4 is 0 Å². The number of hydrogen-bond acceptors (Lipinski definition) is 8. The number of benzene rings is 1. The van der Waals surface area contributed by atoms with Crippen LogP contribution in [0.2, 0.25) is 0 Å². The Morgan fingerprint density at radius 1 is 1.19 bits per heavy atom. The maximum atomic E-state index is 13.4. The van der Waals surface area contributed by atoms with Crippen LogP contribution in [0.15, 0.2) is 55.2 Å². The number of carbonyl (C=O) groups excluding carboxylic acids is 1. The van der Waals surface area contributed by atoms with Crippen molar-refractivity contribution in [3.8, 4) is 17.3 Å². The van der Waals surface area contributed by atoms with E-state index in [0.717, 1.165) is 12.0 Å². The van der Waals surface area contributed by atoms with Gasteiger partial charge in [-0.2, -0.15) is 14.7 Å². The number of aromatic nitrogens is 5. The summed E-state index contributed by atoms with van der Waals surface area (Å²) in [6, 6.07) is 12.1. The maximum absolute atomic E-state index is 13.4. The van der Waals surface area contributed by atoms with Crippen LogP contribution in [0.5, 0.6) is 0 Å². The quantitative estimate of drug-likeness (QED) is 0.256. The fourth-order valence-corrected chi connectivity index (χ4v) is 6.95. The van der Waals surface area contributed by atoms with Gasteiger partial charge in [0, 0.05) is 36.4 Å². The van der Waals surface area contributed by atoms with Crippen LogP contribution in [0.4, 0.5) is 0 Å². The number of nitriles is 1. The van der Waals surface area contributed by atoms with Gasteiger partial charge < -0.3 is 9.30 Å². The van der Waals surface area contributed by atoms with Crippen molar-refractivity contribution in [3.05, 3.63) is 66.4 Å². The molecule has 1 aromatic carbocycles. The van der Waals surface area contributed by atoms with E-state index in [-0.39, 0.29) is 25.3 Å². The van der Waals surface area contributed by atoms with Crippen molar-refractivity contribution in [1.29, 1.82) is 5.26 Å². The molecule has 4 aromatic rings. The lowest BCUT2D eigenvalue weighted by atomic mass is 9.89. The van der Waals surface area contributed by atoms with Gasteiger partial charge in [0.15, 0.2) is 5.54 Å². The predicted octanol–water partition coefficient (Wildman–Crippen LogP) is 3.70. The van der Waals surface area contributed by atoms with Gasteiger partial charge in [0.05, 0.1) is 37.2 Å². The molecule has 12 heteroatoms. The van der Waals surface area contributed by atoms with Gasteiger partial charge in [0.25, 0.3) is 0 Å². The number of ether oxygens (including phenoxy) is 1. The second-order valence-corrected chi connectivity index (χ2v) is 13.7. The van der Waals surface area contributed by atoms with E-state index in [1.54, 1.807) is 28.6 Å². The normalized spacial score (nSPS) is 16.6. The number of esters is 1. The molecule has 0 aliphatic carbocycles. The Kier molecular flexibility index (Phi) is 7.68. The van der Waals surface area contributed by atoms with Gasteiger partial charge >= 0.3 is 5.97 Å². The maximum Gasteiger partial charge on any atom is 0.336 e. The van der Waals surface area contributed by atoms with Gasteiger partial charge in [0.2, 0.25) is 10.0 Å². The van der Waals surface area contributed by atoms with E-state index in [0.29, 0.717) is 28.2 Å². The molecule has 0 spiro atoms. The lowest BCUT2D eigenvalue weighted by Gasteiger charge is -2.47. The standard InChI is InChI=1S/C30H35N7O4S/c1-6-42(39,40)35-18-30(19-35,12-13-31)37-17-23(16-34-37)26-25-11-14-36(27(25)33-20-32-26)29(4,28(38)41-5)24-9-7-22(8-10-24)15-21(2)3/h7-11,14,16-17,20-21H,6,12,15,18-19H2,1-5H3. The van der Waals surface area contributed by atoms with Gasteiger partial charge in [-0.25, -0.2) is 23.2 Å². The largest absolute Gasteiger partial charge is 0.467 e. The average Bonchev–Trinajstić information content (AvgIpc) is 3.62. The van der Waals surface area contributed by atoms with E-state index in [4.69, 9.17) is 4.74 Å². The molecule has 1 aliphatic rings. The molecule has 0 radical (unpaired) electrons. The van der Waals surface area contributed by atoms with Gasteiger partial charge in [0.1, 0.15) is 17.5 Å². The zero-order valence-electron chi connectivity index (χ0n) is 24.5. The zero-order chi connectivity index (χ0) is 30.3. The average molecular weight is 590 g/mol. The van der Waals surface area contributed by atoms with E-state index in [9.17, 15) is 18.5 Å². The highest BCUT2D eigenvalue weighted by Crippen LogP contribution is 2.37. The SMILES string of the molecule is CCS(=O)(=O)N1CC(CC#N)(n2cc(-c3ncnc4c3ccn4C(C)(C(=O)OC)c3ccc(CC(C)C)cc3)cn2)C1. The van der Waals surface area contributed by atoms with Crippen LogP contribution in [0.1, 0.15) is 45.2 Å². The molecule has 1 aliphatic heterocycles. The second kappa shape index (κ2) is 11.0. The van der Waals surface area contributed by atoms with Crippen LogP contribution in [0, 0.1) is 17.2 Å². The Hall–Kier alpha value is -4.08. The first-order valence-corrected chi connectivity index (χ1v) is 15.5. The lowest BCUT2D eigenvalue weighted by Crippen LogP contribution is -2.64. The highest BCUT2D eigenvalue weighted by molar-refractivity contribution is 7.89. The van der Waals surface area contributed by atoms with Gasteiger partial charge in [-0.05, 0) is 43.4 Å². The summed E-state index contributed by atoms with van der Waals surface area (Å²) < 4.78 is 34.9. The van der Waals surface area contributed by atoms with Crippen molar-refractivity contribution in [2.75, 3.05) is 26.0 Å². The molecule has 1 fully saturated rings. The van der Waals surface area contributed by atoms with E-state index >= 15 is 0 Å². The Bertz CT molecular complexity index is 1760. The van der Waals surface area contributed by atoms with Crippen molar-refractivity contribution in [1.82, 2.24) is 28.6 Å². The molecule has 1 saturated heterocycles. The van der Waals surface area contributed by atoms with Crippen LogP contribution in [-0.4, -0.2) is 69.0 Å². The minimum Gasteiger partial charge on any atom is -0.467 e. The van der Waals surface area contributed by atoms with Gasteiger partial charge in [-0.15, -0.1) is 0 Å². The number of sulfonamides is 1. The molecule has 11 nitrogen and oxygen atoms in total. The Labute approximate surface area is 245 Å². The first kappa shape index (κ1) is 29.4. The summed E-state index contributed by atoms with van der Waals surface area (Å²) in [5.74, 6) is 0.0837. The predicted molar refractivity (Wildman–Crippen MR) is 158 cm³/mol. The molecule has 0 N–H and O–H groups in total. The molecule has 5 rings (SSSR count). The number of hydrogen-bond donors (Lipinski definition) is 0. The molecule has 1 atom stereocenters. The van der Waals surface area contributed by atoms with Crippen molar-refractivity contribution >= 4 is 27.0 Å². The number of fused-ring (bicyclic) bond motifs is 1. The molecule has 3 aromatic heterocycles. The van der Waals surface area contributed by atoms with Crippen LogP contribution in [0.25, 0.3) is 22.3 Å². The third-order valence-electron chi connectivity index (χ3n) is 8.16. The first-order chi connectivity index (χ1) is 20.0. The topological polar surface area (TPSA) is 136 Å². The van der Waals surface area contributed by atoms with Crippen LogP contribution in [-0.2, 0) is 37.1 Å². The number of nitrogens with zero attached hydrogens (tertiary/aromatic N) is 7. The lowest BCUT2D eigenvalue weighted by molar-refractivity contribution is -0.148. The van der Waals surface area contributed by atoms with Gasteiger partial charge in [-0.3, -0.25) is 4.68 Å². The summed E-state index contributed by atoms with van der Waals surface area (Å²) in [6.45, 7) is 8.11. The van der Waals surface area contributed by atoms with E-state index < -0.39 is 27.1 Å². The Morgan fingerprint density at radius 2 is 1.90 bits per heavy atom. The second-order valence-electron chi connectivity index (χ2n) is 11.4. The van der Waals surface area contributed by atoms with E-state index in [1.165, 1.54) is 23.3 Å². The monoisotopic (exact) mass is 589 g/mol. The smallest absolute Gasteiger partial charge is 0.336 e. The number of methoxy groups -OCH3 is 1. The summed E-state index contributed by atoms with van der Waals surface area (Å²) in [4.78, 5) is 22.4. The first-order valence-electron chi connectivity index (χ1n) is 13.9. The van der Waals surface area contributed by atoms with Gasteiger partial charge in [-0.1, -0.05) is 38.1 Å². The third kappa shape index (κ3) is 4.86. The summed E-state index contributed by atoms with van der Waals surface area (Å²) >= 11 is 0. The molecule has 4 heterocycles. The van der Waals surface area contributed by atoms with Crippen molar-refractivity contribution < 1.29 is 17.9 Å². The van der Waals surface area contributed by atoms with Crippen molar-refractivity contribution in [3.63, 3.8) is 0 Å². The molecular weight excluding hydrogens is 554 g/mol. The summed E-state index contributed by atoms with van der Waals surface area (Å²) in [5.41, 5.74) is 1.85. The van der Waals surface area contributed by atoms with Crippen molar-refractivity contribution in [2.45, 2.75) is 51.6 Å². The molecular formula is C30H35N7O4S. The Balaban J connectivity index is 1.54. The fourth-order valence-electron chi connectivity index (χ4n) is 5.71. The molecule has 0 amide bonds. The molecule has 220 valence electrons. The number of rotatable bonds is 10. The Morgan fingerprint density at radius 3 is 2.52 bits per heavy atom. The van der Waals surface area contributed by atoms with Crippen LogP contribution >= 0.6 is 0 Å². The fraction of sp³-hybridized carbons (Fsp3) is 0.433. The molecule has 0 bridgehead atoms. The highest BCUT2D eigenvalue weighted by atomic mass is 32.2. The summed E-state index contributed by atoms with van der Waals surface area (Å²) in [6.07, 6.45) is 7.75. The van der Waals surface area contributed by atoms with Crippen molar-refractivity contribution in [2.24, 2.45) is 5.92 Å². The summed E-state index contributed by atoms with van der Waals surface area (Å²) in [7, 11) is -1.99. The molecule has 42 heavy (non-hydrogen) atoms. The third-order valence-corrected chi connectivity index (χ3v) is 9.93. The number of carbonyl (C=O) groups is 1. The van der Waals surface area contributed by atoms with E-state index in [1.807, 2.05) is 43.5 Å². The molecule has 1 unspecified atom stereocenters. The van der Waals surface area contributed by atoms with E-state index in [2.05, 4.69) is 35.0 Å². The highest BCUT2D eigenvalue weighted by Gasteiger charge is 2.49. The minimum absolute atomic E-state index is 0.00246. The summed E-state index contributed by atoms with van der Waals surface area (Å²) in [5, 5.41) is 14.8.